The van der Waals surface area contributed by atoms with Gasteiger partial charge in [-0.25, -0.2) is 0 Å². The fourth-order valence-corrected chi connectivity index (χ4v) is 1.79. The van der Waals surface area contributed by atoms with Gasteiger partial charge >= 0.3 is 6.18 Å². The zero-order valence-corrected chi connectivity index (χ0v) is 10.9. The van der Waals surface area contributed by atoms with Crippen LogP contribution in [0.1, 0.15) is 11.1 Å². The minimum atomic E-state index is -4.42. The summed E-state index contributed by atoms with van der Waals surface area (Å²) in [7, 11) is 0. The predicted octanol–water partition coefficient (Wildman–Crippen LogP) is 4.80. The van der Waals surface area contributed by atoms with E-state index in [1.807, 2.05) is 0 Å². The van der Waals surface area contributed by atoms with Crippen molar-refractivity contribution in [2.24, 2.45) is 5.10 Å². The molecule has 0 atom stereocenters. The van der Waals surface area contributed by atoms with Crippen molar-refractivity contribution in [1.29, 1.82) is 0 Å². The van der Waals surface area contributed by atoms with Crippen molar-refractivity contribution in [3.63, 3.8) is 0 Å². The van der Waals surface area contributed by atoms with E-state index < -0.39 is 11.7 Å². The summed E-state index contributed by atoms with van der Waals surface area (Å²) < 4.78 is 38.2. The van der Waals surface area contributed by atoms with Crippen molar-refractivity contribution in [2.45, 2.75) is 6.18 Å². The van der Waals surface area contributed by atoms with Crippen LogP contribution in [0.25, 0.3) is 0 Å². The van der Waals surface area contributed by atoms with Crippen molar-refractivity contribution in [2.75, 3.05) is 5.43 Å². The number of rotatable bonds is 3. The van der Waals surface area contributed by atoms with Crippen LogP contribution in [-0.4, -0.2) is 6.21 Å². The Morgan fingerprint density at radius 2 is 1.80 bits per heavy atom. The molecule has 0 radical (unpaired) electrons. The fraction of sp³-hybridized carbons (Fsp3) is 0.0714. The summed E-state index contributed by atoms with van der Waals surface area (Å²) in [6.45, 7) is 0. The van der Waals surface area contributed by atoms with Gasteiger partial charge in [0.15, 0.2) is 0 Å². The molecule has 0 amide bonds. The third-order valence-corrected chi connectivity index (χ3v) is 2.71. The molecule has 2 aromatic rings. The van der Waals surface area contributed by atoms with E-state index in [4.69, 9.17) is 11.6 Å². The Labute approximate surface area is 118 Å². The van der Waals surface area contributed by atoms with Crippen molar-refractivity contribution in [1.82, 2.24) is 0 Å². The molecule has 0 spiro atoms. The maximum absolute atomic E-state index is 12.7. The number of para-hydroxylation sites is 1. The van der Waals surface area contributed by atoms with Gasteiger partial charge in [-0.1, -0.05) is 35.9 Å². The Morgan fingerprint density at radius 3 is 2.50 bits per heavy atom. The lowest BCUT2D eigenvalue weighted by Gasteiger charge is -2.11. The van der Waals surface area contributed by atoms with Gasteiger partial charge in [0.2, 0.25) is 0 Å². The number of anilines is 1. The van der Waals surface area contributed by atoms with Gasteiger partial charge in [-0.3, -0.25) is 5.43 Å². The maximum Gasteiger partial charge on any atom is 0.418 e. The summed E-state index contributed by atoms with van der Waals surface area (Å²) >= 11 is 5.80. The van der Waals surface area contributed by atoms with Crippen LogP contribution in [0.5, 0.6) is 0 Å². The van der Waals surface area contributed by atoms with Crippen molar-refractivity contribution < 1.29 is 13.2 Å². The molecule has 0 aliphatic heterocycles. The van der Waals surface area contributed by atoms with E-state index in [1.165, 1.54) is 24.4 Å². The van der Waals surface area contributed by atoms with E-state index in [9.17, 15) is 13.2 Å². The van der Waals surface area contributed by atoms with Gasteiger partial charge in [-0.05, 0) is 29.8 Å². The average molecular weight is 299 g/mol. The van der Waals surface area contributed by atoms with E-state index >= 15 is 0 Å². The molecule has 0 heterocycles. The lowest BCUT2D eigenvalue weighted by Crippen LogP contribution is -2.08. The largest absolute Gasteiger partial charge is 0.418 e. The number of hydrogen-bond donors (Lipinski definition) is 1. The minimum absolute atomic E-state index is 0.0988. The highest BCUT2D eigenvalue weighted by Gasteiger charge is 2.33. The highest BCUT2D eigenvalue weighted by atomic mass is 35.5. The summed E-state index contributed by atoms with van der Waals surface area (Å²) in [5.74, 6) is 0. The molecular weight excluding hydrogens is 289 g/mol. The second-order valence-electron chi connectivity index (χ2n) is 3.97. The molecule has 0 aromatic heterocycles. The summed E-state index contributed by atoms with van der Waals surface area (Å²) in [6.07, 6.45) is -3.02. The fourth-order valence-electron chi connectivity index (χ4n) is 1.59. The van der Waals surface area contributed by atoms with Crippen LogP contribution < -0.4 is 5.43 Å². The molecule has 0 aliphatic carbocycles. The van der Waals surface area contributed by atoms with Gasteiger partial charge in [0.25, 0.3) is 0 Å². The lowest BCUT2D eigenvalue weighted by molar-refractivity contribution is -0.136. The Balaban J connectivity index is 2.16. The first-order chi connectivity index (χ1) is 9.47. The normalized spacial score (nSPS) is 11.8. The van der Waals surface area contributed by atoms with E-state index in [0.717, 1.165) is 6.07 Å². The van der Waals surface area contributed by atoms with Gasteiger partial charge in [0, 0.05) is 5.02 Å². The van der Waals surface area contributed by atoms with Gasteiger partial charge < -0.3 is 0 Å². The molecule has 1 N–H and O–H groups in total. The van der Waals surface area contributed by atoms with E-state index in [0.29, 0.717) is 10.6 Å². The predicted molar refractivity (Wildman–Crippen MR) is 74.1 cm³/mol. The van der Waals surface area contributed by atoms with E-state index in [-0.39, 0.29) is 5.69 Å². The third kappa shape index (κ3) is 3.74. The molecule has 2 rings (SSSR count). The molecule has 0 aliphatic rings. The zero-order chi connectivity index (χ0) is 14.6. The topological polar surface area (TPSA) is 24.4 Å². The molecule has 6 heteroatoms. The molecular formula is C14H10ClF3N2. The Morgan fingerprint density at radius 1 is 1.05 bits per heavy atom. The van der Waals surface area contributed by atoms with Gasteiger partial charge in [0.05, 0.1) is 17.5 Å². The molecule has 0 bridgehead atoms. The molecule has 0 fully saturated rings. The summed E-state index contributed by atoms with van der Waals surface area (Å²) in [6, 6.07) is 12.0. The smallest absolute Gasteiger partial charge is 0.278 e. The highest BCUT2D eigenvalue weighted by Crippen LogP contribution is 2.34. The first-order valence-electron chi connectivity index (χ1n) is 5.68. The number of benzene rings is 2. The lowest BCUT2D eigenvalue weighted by atomic mass is 10.2. The quantitative estimate of drug-likeness (QED) is 0.638. The molecule has 2 nitrogen and oxygen atoms in total. The monoisotopic (exact) mass is 298 g/mol. The number of halogens is 4. The van der Waals surface area contributed by atoms with E-state index in [2.05, 4.69) is 10.5 Å². The average Bonchev–Trinajstić information content (AvgIpc) is 2.38. The van der Waals surface area contributed by atoms with Gasteiger partial charge in [-0.2, -0.15) is 18.3 Å². The second kappa shape index (κ2) is 5.96. The molecule has 20 heavy (non-hydrogen) atoms. The number of alkyl halides is 3. The molecule has 0 unspecified atom stereocenters. The SMILES string of the molecule is FC(F)(F)c1ccccc1N/N=C/c1cccc(Cl)c1. The first kappa shape index (κ1) is 14.4. The first-order valence-corrected chi connectivity index (χ1v) is 6.05. The summed E-state index contributed by atoms with van der Waals surface area (Å²) in [4.78, 5) is 0. The summed E-state index contributed by atoms with van der Waals surface area (Å²) in [5.41, 5.74) is 2.22. The Kier molecular flexibility index (Phi) is 4.29. The number of nitrogens with one attached hydrogen (secondary N) is 1. The minimum Gasteiger partial charge on any atom is -0.278 e. The van der Waals surface area contributed by atoms with Crippen LogP contribution in [0.4, 0.5) is 18.9 Å². The van der Waals surface area contributed by atoms with Gasteiger partial charge in [-0.15, -0.1) is 0 Å². The van der Waals surface area contributed by atoms with Crippen molar-refractivity contribution in [3.05, 3.63) is 64.7 Å². The number of hydrazone groups is 1. The third-order valence-electron chi connectivity index (χ3n) is 2.48. The number of hydrogen-bond acceptors (Lipinski definition) is 2. The van der Waals surface area contributed by atoms with Crippen LogP contribution in [0.15, 0.2) is 53.6 Å². The zero-order valence-electron chi connectivity index (χ0n) is 10.2. The van der Waals surface area contributed by atoms with Crippen LogP contribution in [0.3, 0.4) is 0 Å². The van der Waals surface area contributed by atoms with Crippen molar-refractivity contribution in [3.8, 4) is 0 Å². The highest BCUT2D eigenvalue weighted by molar-refractivity contribution is 6.30. The van der Waals surface area contributed by atoms with E-state index in [1.54, 1.807) is 24.3 Å². The Hall–Kier alpha value is -2.01. The maximum atomic E-state index is 12.7. The van der Waals surface area contributed by atoms with Crippen LogP contribution in [0.2, 0.25) is 5.02 Å². The van der Waals surface area contributed by atoms with Gasteiger partial charge in [0.1, 0.15) is 0 Å². The second-order valence-corrected chi connectivity index (χ2v) is 4.40. The molecule has 2 aromatic carbocycles. The van der Waals surface area contributed by atoms with Crippen LogP contribution in [0, 0.1) is 0 Å². The molecule has 0 saturated heterocycles. The van der Waals surface area contributed by atoms with Crippen molar-refractivity contribution >= 4 is 23.5 Å². The Bertz CT molecular complexity index is 624. The standard InChI is InChI=1S/C14H10ClF3N2/c15-11-5-3-4-10(8-11)9-19-20-13-7-2-1-6-12(13)14(16,17)18/h1-9,20H/b19-9+. The van der Waals surface area contributed by atoms with Crippen LogP contribution >= 0.6 is 11.6 Å². The molecule has 104 valence electrons. The number of nitrogens with zero attached hydrogens (tertiary/aromatic N) is 1. The van der Waals surface area contributed by atoms with Crippen LogP contribution in [-0.2, 0) is 6.18 Å². The summed E-state index contributed by atoms with van der Waals surface area (Å²) in [5, 5.41) is 4.33. The molecule has 0 saturated carbocycles.